The van der Waals surface area contributed by atoms with Crippen LogP contribution in [0.3, 0.4) is 0 Å². The second-order valence-electron chi connectivity index (χ2n) is 10.7. The number of nitrogens with one attached hydrogen (secondary N) is 2. The van der Waals surface area contributed by atoms with Crippen LogP contribution in [0, 0.1) is 19.8 Å². The Morgan fingerprint density at radius 3 is 2.44 bits per heavy atom. The standard InChI is InChI=1S/C31H37N5O4S/c1-22-19-27(40-3)20-23(2)31(22)41(38,39)34-28-6-4-5-25-12-18-36(30(25)28)21-29(37)33-15-7-24-10-16-35(17-11-24)26-8-13-32-14-9-26/h4-6,8-9,12-14,18-20,24,34H,7,10-11,15-17,21H2,1-3H3,(H,33,37). The molecule has 9 nitrogen and oxygen atoms in total. The molecule has 0 aliphatic carbocycles. The second kappa shape index (κ2) is 12.2. The van der Waals surface area contributed by atoms with E-state index in [2.05, 4.69) is 19.9 Å². The van der Waals surface area contributed by atoms with Crippen LogP contribution in [0.2, 0.25) is 0 Å². The minimum atomic E-state index is -3.89. The van der Waals surface area contributed by atoms with Crippen LogP contribution >= 0.6 is 0 Å². The van der Waals surface area contributed by atoms with Gasteiger partial charge in [0.2, 0.25) is 5.91 Å². The zero-order valence-corrected chi connectivity index (χ0v) is 24.6. The first kappa shape index (κ1) is 28.5. The number of carbonyl (C=O) groups excluding carboxylic acids is 1. The van der Waals surface area contributed by atoms with Crippen LogP contribution in [0.25, 0.3) is 10.9 Å². The maximum Gasteiger partial charge on any atom is 0.262 e. The number of hydrogen-bond acceptors (Lipinski definition) is 6. The van der Waals surface area contributed by atoms with Crippen LogP contribution in [0.1, 0.15) is 30.4 Å². The molecule has 2 aromatic heterocycles. The predicted molar refractivity (Wildman–Crippen MR) is 162 cm³/mol. The Kier molecular flexibility index (Phi) is 8.49. The summed E-state index contributed by atoms with van der Waals surface area (Å²) >= 11 is 0. The molecule has 41 heavy (non-hydrogen) atoms. The average molecular weight is 576 g/mol. The summed E-state index contributed by atoms with van der Waals surface area (Å²) in [4.78, 5) is 19.6. The molecule has 0 atom stereocenters. The van der Waals surface area contributed by atoms with Gasteiger partial charge in [-0.2, -0.15) is 0 Å². The Balaban J connectivity index is 1.21. The van der Waals surface area contributed by atoms with Gasteiger partial charge in [0.05, 0.1) is 23.2 Å². The van der Waals surface area contributed by atoms with Crippen LogP contribution < -0.4 is 19.7 Å². The minimum Gasteiger partial charge on any atom is -0.497 e. The monoisotopic (exact) mass is 575 g/mol. The number of benzene rings is 2. The number of para-hydroxylation sites is 1. The number of aryl methyl sites for hydroxylation is 2. The normalized spacial score (nSPS) is 14.3. The fourth-order valence-electron chi connectivity index (χ4n) is 5.78. The van der Waals surface area contributed by atoms with Crippen molar-refractivity contribution in [2.24, 2.45) is 5.92 Å². The van der Waals surface area contributed by atoms with Crippen LogP contribution in [-0.4, -0.2) is 50.6 Å². The number of piperidine rings is 1. The molecule has 10 heteroatoms. The number of amides is 1. The number of fused-ring (bicyclic) bond motifs is 1. The van der Waals surface area contributed by atoms with E-state index in [1.165, 1.54) is 5.69 Å². The SMILES string of the molecule is COc1cc(C)c(S(=O)(=O)Nc2cccc3ccn(CC(=O)NCCC4CCN(c5ccncc5)CC4)c23)c(C)c1. The smallest absolute Gasteiger partial charge is 0.262 e. The van der Waals surface area contributed by atoms with E-state index in [1.54, 1.807) is 49.8 Å². The second-order valence-corrected chi connectivity index (χ2v) is 12.3. The summed E-state index contributed by atoms with van der Waals surface area (Å²) < 4.78 is 36.8. The van der Waals surface area contributed by atoms with Crippen molar-refractivity contribution in [2.45, 2.75) is 44.6 Å². The number of aromatic nitrogens is 2. The van der Waals surface area contributed by atoms with Crippen molar-refractivity contribution in [3.05, 3.63) is 78.2 Å². The van der Waals surface area contributed by atoms with Gasteiger partial charge in [-0.05, 0) is 86.6 Å². The molecule has 1 aliphatic heterocycles. The molecule has 2 aromatic carbocycles. The molecule has 0 radical (unpaired) electrons. The largest absolute Gasteiger partial charge is 0.497 e. The molecule has 1 saturated heterocycles. The lowest BCUT2D eigenvalue weighted by molar-refractivity contribution is -0.121. The zero-order valence-electron chi connectivity index (χ0n) is 23.8. The average Bonchev–Trinajstić information content (AvgIpc) is 3.36. The van der Waals surface area contributed by atoms with Crippen molar-refractivity contribution in [3.63, 3.8) is 0 Å². The molecule has 0 spiro atoms. The number of carbonyl (C=O) groups is 1. The molecule has 3 heterocycles. The maximum atomic E-state index is 13.5. The third-order valence-electron chi connectivity index (χ3n) is 7.80. The lowest BCUT2D eigenvalue weighted by atomic mass is 9.93. The number of rotatable bonds is 10. The molecule has 1 aliphatic rings. The third kappa shape index (κ3) is 6.48. The van der Waals surface area contributed by atoms with Crippen molar-refractivity contribution in [1.82, 2.24) is 14.9 Å². The van der Waals surface area contributed by atoms with E-state index in [4.69, 9.17) is 4.74 Å². The highest BCUT2D eigenvalue weighted by Gasteiger charge is 2.23. The number of pyridine rings is 1. The minimum absolute atomic E-state index is 0.101. The fourth-order valence-corrected chi connectivity index (χ4v) is 7.31. The van der Waals surface area contributed by atoms with Gasteiger partial charge in [-0.1, -0.05) is 12.1 Å². The summed E-state index contributed by atoms with van der Waals surface area (Å²) in [6.07, 6.45) is 8.60. The summed E-state index contributed by atoms with van der Waals surface area (Å²) in [6.45, 7) is 6.24. The first-order chi connectivity index (χ1) is 19.7. The van der Waals surface area contributed by atoms with E-state index < -0.39 is 10.0 Å². The van der Waals surface area contributed by atoms with E-state index in [1.807, 2.05) is 42.9 Å². The van der Waals surface area contributed by atoms with Crippen LogP contribution in [-0.2, 0) is 21.4 Å². The Bertz CT molecular complexity index is 1600. The molecule has 216 valence electrons. The Hall–Kier alpha value is -4.05. The van der Waals surface area contributed by atoms with Gasteiger partial charge in [0.15, 0.2) is 0 Å². The molecular formula is C31H37N5O4S. The van der Waals surface area contributed by atoms with Crippen molar-refractivity contribution < 1.29 is 17.9 Å². The van der Waals surface area contributed by atoms with Crippen LogP contribution in [0.5, 0.6) is 5.75 Å². The van der Waals surface area contributed by atoms with Crippen LogP contribution in [0.4, 0.5) is 11.4 Å². The van der Waals surface area contributed by atoms with Crippen molar-refractivity contribution >= 4 is 38.2 Å². The highest BCUT2D eigenvalue weighted by atomic mass is 32.2. The number of sulfonamides is 1. The predicted octanol–water partition coefficient (Wildman–Crippen LogP) is 4.89. The van der Waals surface area contributed by atoms with E-state index in [9.17, 15) is 13.2 Å². The van der Waals surface area contributed by atoms with E-state index in [0.29, 0.717) is 40.5 Å². The summed E-state index contributed by atoms with van der Waals surface area (Å²) in [6, 6.07) is 14.8. The van der Waals surface area contributed by atoms with E-state index >= 15 is 0 Å². The molecule has 1 amide bonds. The Labute approximate surface area is 241 Å². The van der Waals surface area contributed by atoms with E-state index in [0.717, 1.165) is 37.7 Å². The topological polar surface area (TPSA) is 106 Å². The highest BCUT2D eigenvalue weighted by molar-refractivity contribution is 7.92. The summed E-state index contributed by atoms with van der Waals surface area (Å²) in [5.41, 5.74) is 3.50. The Morgan fingerprint density at radius 1 is 1.05 bits per heavy atom. The van der Waals surface area contributed by atoms with Gasteiger partial charge in [-0.15, -0.1) is 0 Å². The van der Waals surface area contributed by atoms with Gasteiger partial charge in [0.25, 0.3) is 10.0 Å². The van der Waals surface area contributed by atoms with Gasteiger partial charge in [-0.3, -0.25) is 14.5 Å². The van der Waals surface area contributed by atoms with Gasteiger partial charge < -0.3 is 19.5 Å². The zero-order chi connectivity index (χ0) is 29.0. The molecule has 1 fully saturated rings. The first-order valence-corrected chi connectivity index (χ1v) is 15.4. The van der Waals surface area contributed by atoms with Gasteiger partial charge in [0.1, 0.15) is 12.3 Å². The molecular weight excluding hydrogens is 538 g/mol. The van der Waals surface area contributed by atoms with Gasteiger partial charge in [0, 0.05) is 49.3 Å². The lowest BCUT2D eigenvalue weighted by Gasteiger charge is -2.33. The number of nitrogens with zero attached hydrogens (tertiary/aromatic N) is 3. The molecule has 5 rings (SSSR count). The first-order valence-electron chi connectivity index (χ1n) is 13.9. The van der Waals surface area contributed by atoms with Gasteiger partial charge >= 0.3 is 0 Å². The van der Waals surface area contributed by atoms with E-state index in [-0.39, 0.29) is 17.3 Å². The third-order valence-corrected chi connectivity index (χ3v) is 9.47. The summed E-state index contributed by atoms with van der Waals surface area (Å²) in [7, 11) is -2.33. The van der Waals surface area contributed by atoms with Gasteiger partial charge in [-0.25, -0.2) is 8.42 Å². The highest BCUT2D eigenvalue weighted by Crippen LogP contribution is 2.31. The number of anilines is 2. The number of methoxy groups -OCH3 is 1. The Morgan fingerprint density at radius 2 is 1.76 bits per heavy atom. The number of hydrogen-bond donors (Lipinski definition) is 2. The summed E-state index contributed by atoms with van der Waals surface area (Å²) in [5, 5.41) is 3.91. The van der Waals surface area contributed by atoms with Crippen molar-refractivity contribution in [3.8, 4) is 5.75 Å². The number of ether oxygens (including phenoxy) is 1. The molecule has 0 unspecified atom stereocenters. The lowest BCUT2D eigenvalue weighted by Crippen LogP contribution is -2.35. The maximum absolute atomic E-state index is 13.5. The van der Waals surface area contributed by atoms with Crippen LogP contribution in [0.15, 0.2) is 72.0 Å². The van der Waals surface area contributed by atoms with Crippen molar-refractivity contribution in [1.29, 1.82) is 0 Å². The quantitative estimate of drug-likeness (QED) is 0.279. The molecule has 4 aromatic rings. The summed E-state index contributed by atoms with van der Waals surface area (Å²) in [5.74, 6) is 1.08. The molecule has 2 N–H and O–H groups in total. The fraction of sp³-hybridized carbons (Fsp3) is 0.355. The van der Waals surface area contributed by atoms with Crippen molar-refractivity contribution in [2.75, 3.05) is 36.4 Å². The molecule has 0 saturated carbocycles. The molecule has 0 bridgehead atoms.